The Kier molecular flexibility index (Phi) is 11.3. The van der Waals surface area contributed by atoms with E-state index in [0.29, 0.717) is 0 Å². The summed E-state index contributed by atoms with van der Waals surface area (Å²) in [6.45, 7) is 57.1. The largest absolute Gasteiger partial charge is 0.310 e. The molecule has 4 heteroatoms. The molecule has 0 spiro atoms. The zero-order chi connectivity index (χ0) is 56.2. The van der Waals surface area contributed by atoms with Crippen molar-refractivity contribution >= 4 is 66.7 Å². The zero-order valence-electron chi connectivity index (χ0n) is 51.7. The Hall–Kier alpha value is -5.87. The van der Waals surface area contributed by atoms with Gasteiger partial charge in [-0.05, 0) is 165 Å². The first-order valence-corrected chi connectivity index (χ1v) is 28.9. The molecule has 0 amide bonds. The molecule has 0 bridgehead atoms. The number of rotatable bonds is 2. The SMILES string of the molecule is CC(C)(C)c1cc(-c2cccc(-c3cc4c5c(c3)-n3c6cc(C(C)(C)C)cc(C(C)(C)C)c6c6cc(C(C)(C)C)cc(c63)B5c3cc(C(C)(C)C)cc5c6c(C(C)(C)C)cc(C(C)(C)C)cc6n-4c35)n2)cc(C(C)(C)C)c1. The summed E-state index contributed by atoms with van der Waals surface area (Å²) in [7, 11) is 0. The zero-order valence-corrected chi connectivity index (χ0v) is 51.7. The van der Waals surface area contributed by atoms with E-state index >= 15 is 0 Å². The van der Waals surface area contributed by atoms with Crippen molar-refractivity contribution in [2.24, 2.45) is 0 Å². The second-order valence-corrected chi connectivity index (χ2v) is 32.0. The summed E-state index contributed by atoms with van der Waals surface area (Å²) in [5.74, 6) is 0. The second kappa shape index (κ2) is 16.4. The van der Waals surface area contributed by atoms with Crippen molar-refractivity contribution in [1.82, 2.24) is 14.1 Å². The van der Waals surface area contributed by atoms with Crippen molar-refractivity contribution in [3.05, 3.63) is 142 Å². The predicted molar refractivity (Wildman–Crippen MR) is 338 cm³/mol. The van der Waals surface area contributed by atoms with E-state index in [1.165, 1.54) is 121 Å². The third-order valence-corrected chi connectivity index (χ3v) is 17.6. The van der Waals surface area contributed by atoms with E-state index in [0.717, 1.165) is 17.0 Å². The molecule has 0 saturated heterocycles. The Morgan fingerprint density at radius 2 is 0.662 bits per heavy atom. The van der Waals surface area contributed by atoms with E-state index in [9.17, 15) is 0 Å². The number of hydrogen-bond acceptors (Lipinski definition) is 1. The van der Waals surface area contributed by atoms with Gasteiger partial charge >= 0.3 is 0 Å². The molecule has 0 N–H and O–H groups in total. The molecule has 0 radical (unpaired) electrons. The fourth-order valence-corrected chi connectivity index (χ4v) is 12.8. The number of benzene rings is 6. The second-order valence-electron chi connectivity index (χ2n) is 32.0. The summed E-state index contributed by atoms with van der Waals surface area (Å²) in [4.78, 5) is 5.75. The maximum absolute atomic E-state index is 5.75. The van der Waals surface area contributed by atoms with Gasteiger partial charge in [0.1, 0.15) is 0 Å². The van der Waals surface area contributed by atoms with Crippen LogP contribution in [0.5, 0.6) is 0 Å². The Morgan fingerprint density at radius 3 is 1.00 bits per heavy atom. The first-order chi connectivity index (χ1) is 35.2. The van der Waals surface area contributed by atoms with Crippen molar-refractivity contribution in [2.45, 2.75) is 209 Å². The highest BCUT2D eigenvalue weighted by atomic mass is 15.0. The molecule has 11 rings (SSSR count). The third-order valence-electron chi connectivity index (χ3n) is 17.6. The van der Waals surface area contributed by atoms with Gasteiger partial charge in [0.05, 0.1) is 22.4 Å². The van der Waals surface area contributed by atoms with Crippen LogP contribution >= 0.6 is 0 Å². The molecule has 77 heavy (non-hydrogen) atoms. The number of hydrogen-bond donors (Lipinski definition) is 0. The van der Waals surface area contributed by atoms with Crippen LogP contribution in [0.2, 0.25) is 0 Å². The molecule has 6 aromatic carbocycles. The summed E-state index contributed by atoms with van der Waals surface area (Å²) < 4.78 is 5.45. The lowest BCUT2D eigenvalue weighted by Gasteiger charge is -2.36. The molecule has 3 aromatic heterocycles. The minimum Gasteiger partial charge on any atom is -0.310 e. The smallest absolute Gasteiger partial charge is 0.252 e. The van der Waals surface area contributed by atoms with E-state index < -0.39 is 0 Å². The van der Waals surface area contributed by atoms with Crippen LogP contribution in [0, 0.1) is 0 Å². The number of fused-ring (bicyclic) bond motifs is 10. The van der Waals surface area contributed by atoms with Crippen molar-refractivity contribution < 1.29 is 0 Å². The molecule has 9 aromatic rings. The van der Waals surface area contributed by atoms with Gasteiger partial charge in [-0.3, -0.25) is 0 Å². The standard InChI is InChI=1S/C73H88BN3/c1-66(2,3)43-28-41(29-44(32-43)67(4,5)6)55-26-25-27-56(75-55)42-30-59-63-60(31-42)77-58-40-48(71(16,17)18)36-52(73(22,23)24)62(58)50-34-46(69(10,11)12)38-54(65(50)77)74(63)53-37-45(68(7,8)9)33-49-61-51(72(19,20)21)35-47(70(13,14)15)39-57(61)76(59)64(49)53/h25-40H,1-24H3. The Morgan fingerprint density at radius 1 is 0.338 bits per heavy atom. The van der Waals surface area contributed by atoms with Gasteiger partial charge < -0.3 is 9.13 Å². The number of aromatic nitrogens is 3. The molecule has 0 aliphatic carbocycles. The van der Waals surface area contributed by atoms with Crippen molar-refractivity contribution in [3.63, 3.8) is 0 Å². The molecule has 2 aliphatic rings. The maximum atomic E-state index is 5.75. The minimum absolute atomic E-state index is 0.0195. The Balaban J connectivity index is 1.38. The number of nitrogens with zero attached hydrogens (tertiary/aromatic N) is 3. The number of pyridine rings is 1. The van der Waals surface area contributed by atoms with E-state index in [2.05, 4.69) is 272 Å². The van der Waals surface area contributed by atoms with Crippen LogP contribution in [0.1, 0.15) is 211 Å². The van der Waals surface area contributed by atoms with Crippen LogP contribution in [0.25, 0.3) is 77.5 Å². The molecule has 0 atom stereocenters. The summed E-state index contributed by atoms with van der Waals surface area (Å²) in [6, 6.07) is 39.6. The lowest BCUT2D eigenvalue weighted by molar-refractivity contribution is 0.569. The maximum Gasteiger partial charge on any atom is 0.252 e. The van der Waals surface area contributed by atoms with Gasteiger partial charge in [0.2, 0.25) is 0 Å². The van der Waals surface area contributed by atoms with Crippen LogP contribution in [0.4, 0.5) is 0 Å². The summed E-state index contributed by atoms with van der Waals surface area (Å²) in [5, 5.41) is 5.47. The van der Waals surface area contributed by atoms with Crippen molar-refractivity contribution in [1.29, 1.82) is 0 Å². The normalized spacial score (nSPS) is 14.5. The highest BCUT2D eigenvalue weighted by Gasteiger charge is 2.44. The van der Waals surface area contributed by atoms with Crippen LogP contribution in [-0.4, -0.2) is 20.8 Å². The fraction of sp³-hybridized carbons (Fsp3) is 0.438. The van der Waals surface area contributed by atoms with E-state index in [4.69, 9.17) is 4.98 Å². The molecular formula is C73H88BN3. The van der Waals surface area contributed by atoms with Gasteiger partial charge in [-0.15, -0.1) is 0 Å². The summed E-state index contributed by atoms with van der Waals surface area (Å²) >= 11 is 0. The lowest BCUT2D eigenvalue weighted by atomic mass is 9.34. The average molecular weight is 1020 g/mol. The molecule has 0 saturated carbocycles. The van der Waals surface area contributed by atoms with Gasteiger partial charge in [0, 0.05) is 55.1 Å². The third kappa shape index (κ3) is 8.46. The van der Waals surface area contributed by atoms with E-state index in [1.54, 1.807) is 0 Å². The highest BCUT2D eigenvalue weighted by Crippen LogP contribution is 2.48. The highest BCUT2D eigenvalue weighted by molar-refractivity contribution is 7.00. The lowest BCUT2D eigenvalue weighted by Crippen LogP contribution is -2.59. The van der Waals surface area contributed by atoms with Crippen LogP contribution in [0.15, 0.2) is 97.1 Å². The molecule has 2 aliphatic heterocycles. The molecule has 0 unspecified atom stereocenters. The molecule has 3 nitrogen and oxygen atoms in total. The fourth-order valence-electron chi connectivity index (χ4n) is 12.8. The molecule has 5 heterocycles. The van der Waals surface area contributed by atoms with Gasteiger partial charge in [0.25, 0.3) is 6.71 Å². The predicted octanol–water partition coefficient (Wildman–Crippen LogP) is 18.1. The molecular weight excluding hydrogens is 930 g/mol. The van der Waals surface area contributed by atoms with Crippen LogP contribution < -0.4 is 16.4 Å². The first-order valence-electron chi connectivity index (χ1n) is 28.9. The Bertz CT molecular complexity index is 3750. The van der Waals surface area contributed by atoms with E-state index in [-0.39, 0.29) is 50.0 Å². The minimum atomic E-state index is -0.116. The first kappa shape index (κ1) is 53.2. The van der Waals surface area contributed by atoms with Crippen molar-refractivity contribution in [3.8, 4) is 33.9 Å². The monoisotopic (exact) mass is 1020 g/mol. The van der Waals surface area contributed by atoms with Crippen molar-refractivity contribution in [2.75, 3.05) is 0 Å². The van der Waals surface area contributed by atoms with Gasteiger partial charge in [-0.1, -0.05) is 203 Å². The molecule has 0 fully saturated rings. The summed E-state index contributed by atoms with van der Waals surface area (Å²) in [5.41, 5.74) is 26.6. The average Bonchev–Trinajstić information content (AvgIpc) is 3.99. The van der Waals surface area contributed by atoms with Crippen LogP contribution in [0.3, 0.4) is 0 Å². The van der Waals surface area contributed by atoms with Gasteiger partial charge in [-0.2, -0.15) is 0 Å². The molecule has 398 valence electrons. The Labute approximate surface area is 463 Å². The van der Waals surface area contributed by atoms with Crippen LogP contribution in [-0.2, 0) is 43.3 Å². The van der Waals surface area contributed by atoms with E-state index in [1.807, 2.05) is 0 Å². The van der Waals surface area contributed by atoms with Gasteiger partial charge in [-0.25, -0.2) is 4.98 Å². The van der Waals surface area contributed by atoms with Gasteiger partial charge in [0.15, 0.2) is 0 Å². The summed E-state index contributed by atoms with van der Waals surface area (Å²) in [6.07, 6.45) is 0. The topological polar surface area (TPSA) is 22.8 Å². The quantitative estimate of drug-likeness (QED) is 0.158.